The van der Waals surface area contributed by atoms with E-state index in [1.807, 2.05) is 11.9 Å². The predicted molar refractivity (Wildman–Crippen MR) is 66.8 cm³/mol. The minimum Gasteiger partial charge on any atom is -0.314 e. The van der Waals surface area contributed by atoms with Crippen molar-refractivity contribution < 1.29 is 17.6 Å². The fourth-order valence-electron chi connectivity index (χ4n) is 1.89. The topological polar surface area (TPSA) is 15.3 Å². The number of rotatable bonds is 3. The van der Waals surface area contributed by atoms with E-state index in [2.05, 4.69) is 5.32 Å². The molecular formula is C12H15ClF4N2. The van der Waals surface area contributed by atoms with Crippen molar-refractivity contribution in [3.05, 3.63) is 35.1 Å². The van der Waals surface area contributed by atoms with Gasteiger partial charge >= 0.3 is 6.18 Å². The van der Waals surface area contributed by atoms with Gasteiger partial charge in [-0.05, 0) is 24.7 Å². The summed E-state index contributed by atoms with van der Waals surface area (Å²) in [5, 5.41) is 3.09. The Morgan fingerprint density at radius 2 is 1.95 bits per heavy atom. The summed E-state index contributed by atoms with van der Waals surface area (Å²) in [4.78, 5) is 1.96. The molecule has 1 N–H and O–H groups in total. The van der Waals surface area contributed by atoms with Crippen LogP contribution in [0.25, 0.3) is 0 Å². The highest BCUT2D eigenvalue weighted by molar-refractivity contribution is 5.85. The molecule has 2 nitrogen and oxygen atoms in total. The zero-order valence-corrected chi connectivity index (χ0v) is 11.1. The Labute approximate surface area is 115 Å². The van der Waals surface area contributed by atoms with Crippen LogP contribution < -0.4 is 5.32 Å². The largest absolute Gasteiger partial charge is 0.419 e. The Kier molecular flexibility index (Phi) is 5.18. The molecule has 0 aliphatic carbocycles. The Morgan fingerprint density at radius 3 is 2.42 bits per heavy atom. The number of hydrogen-bond donors (Lipinski definition) is 1. The third-order valence-electron chi connectivity index (χ3n) is 3.15. The highest BCUT2D eigenvalue weighted by atomic mass is 35.5. The Bertz CT molecular complexity index is 432. The number of likely N-dealkylation sites (N-methyl/N-ethyl adjacent to an activating group) is 1. The Balaban J connectivity index is 0.00000180. The Morgan fingerprint density at radius 1 is 1.32 bits per heavy atom. The zero-order chi connectivity index (χ0) is 13.3. The summed E-state index contributed by atoms with van der Waals surface area (Å²) in [6.07, 6.45) is -4.64. The third kappa shape index (κ3) is 3.81. The summed E-state index contributed by atoms with van der Waals surface area (Å²) in [6.45, 7) is 2.06. The smallest absolute Gasteiger partial charge is 0.314 e. The molecule has 0 aromatic heterocycles. The lowest BCUT2D eigenvalue weighted by atomic mass is 10.1. The van der Waals surface area contributed by atoms with E-state index in [9.17, 15) is 17.6 Å². The molecule has 108 valence electrons. The van der Waals surface area contributed by atoms with Crippen molar-refractivity contribution in [2.75, 3.05) is 20.1 Å². The summed E-state index contributed by atoms with van der Waals surface area (Å²) in [5.41, 5.74) is -0.724. The van der Waals surface area contributed by atoms with E-state index < -0.39 is 17.6 Å². The summed E-state index contributed by atoms with van der Waals surface area (Å²) in [6, 6.07) is 3.50. The molecule has 0 atom stereocenters. The van der Waals surface area contributed by atoms with Crippen molar-refractivity contribution in [2.24, 2.45) is 0 Å². The van der Waals surface area contributed by atoms with Gasteiger partial charge in [-0.15, -0.1) is 12.4 Å². The van der Waals surface area contributed by atoms with Gasteiger partial charge in [-0.3, -0.25) is 4.90 Å². The minimum atomic E-state index is -4.64. The van der Waals surface area contributed by atoms with E-state index >= 15 is 0 Å². The van der Waals surface area contributed by atoms with Gasteiger partial charge in [0.15, 0.2) is 0 Å². The van der Waals surface area contributed by atoms with Crippen molar-refractivity contribution in [1.29, 1.82) is 0 Å². The third-order valence-corrected chi connectivity index (χ3v) is 3.15. The molecule has 2 rings (SSSR count). The molecule has 0 saturated carbocycles. The van der Waals surface area contributed by atoms with Gasteiger partial charge in [-0.1, -0.05) is 6.07 Å². The van der Waals surface area contributed by atoms with Crippen molar-refractivity contribution in [3.8, 4) is 0 Å². The lowest BCUT2D eigenvalue weighted by molar-refractivity contribution is -0.140. The fourth-order valence-corrected chi connectivity index (χ4v) is 1.89. The van der Waals surface area contributed by atoms with E-state index in [0.29, 0.717) is 18.2 Å². The fraction of sp³-hybridized carbons (Fsp3) is 0.500. The number of halogens is 5. The summed E-state index contributed by atoms with van der Waals surface area (Å²) >= 11 is 0. The molecule has 1 aliphatic heterocycles. The number of nitrogens with one attached hydrogen (secondary N) is 1. The van der Waals surface area contributed by atoms with Gasteiger partial charge < -0.3 is 5.32 Å². The lowest BCUT2D eigenvalue weighted by Gasteiger charge is -2.35. The average molecular weight is 299 g/mol. The van der Waals surface area contributed by atoms with Crippen LogP contribution in [0.15, 0.2) is 18.2 Å². The number of benzene rings is 1. The summed E-state index contributed by atoms with van der Waals surface area (Å²) in [5.74, 6) is -1.22. The van der Waals surface area contributed by atoms with Crippen LogP contribution in [0, 0.1) is 5.82 Å². The lowest BCUT2D eigenvalue weighted by Crippen LogP contribution is -2.55. The van der Waals surface area contributed by atoms with Crippen LogP contribution in [-0.2, 0) is 12.7 Å². The van der Waals surface area contributed by atoms with Gasteiger partial charge in [0.05, 0.1) is 5.56 Å². The molecule has 1 saturated heterocycles. The predicted octanol–water partition coefficient (Wildman–Crippen LogP) is 2.67. The normalized spacial score (nSPS) is 16.1. The van der Waals surface area contributed by atoms with Gasteiger partial charge in [0.1, 0.15) is 5.82 Å². The molecule has 19 heavy (non-hydrogen) atoms. The molecule has 0 amide bonds. The van der Waals surface area contributed by atoms with E-state index in [4.69, 9.17) is 0 Å². The monoisotopic (exact) mass is 298 g/mol. The first-order valence-electron chi connectivity index (χ1n) is 5.64. The average Bonchev–Trinajstić information content (AvgIpc) is 2.16. The molecule has 1 aromatic carbocycles. The van der Waals surface area contributed by atoms with Crippen LogP contribution in [0.2, 0.25) is 0 Å². The summed E-state index contributed by atoms with van der Waals surface area (Å²) < 4.78 is 50.7. The maximum absolute atomic E-state index is 13.1. The Hall–Kier alpha value is -0.850. The molecule has 1 heterocycles. The van der Waals surface area contributed by atoms with Crippen LogP contribution >= 0.6 is 12.4 Å². The van der Waals surface area contributed by atoms with Crippen LogP contribution in [0.5, 0.6) is 0 Å². The molecular weight excluding hydrogens is 284 g/mol. The van der Waals surface area contributed by atoms with Crippen LogP contribution in [0.3, 0.4) is 0 Å². The van der Waals surface area contributed by atoms with Crippen molar-refractivity contribution in [2.45, 2.75) is 18.8 Å². The summed E-state index contributed by atoms with van der Waals surface area (Å²) in [7, 11) is 1.85. The molecule has 0 radical (unpaired) electrons. The van der Waals surface area contributed by atoms with E-state index in [-0.39, 0.29) is 12.4 Å². The van der Waals surface area contributed by atoms with Crippen molar-refractivity contribution >= 4 is 12.4 Å². The first kappa shape index (κ1) is 16.2. The number of hydrogen-bond acceptors (Lipinski definition) is 2. The van der Waals surface area contributed by atoms with Crippen LogP contribution in [0.4, 0.5) is 17.6 Å². The molecule has 0 spiro atoms. The molecule has 1 aromatic rings. The minimum absolute atomic E-state index is 0. The van der Waals surface area contributed by atoms with Crippen LogP contribution in [0.1, 0.15) is 11.1 Å². The number of alkyl halides is 3. The van der Waals surface area contributed by atoms with Crippen LogP contribution in [-0.4, -0.2) is 31.1 Å². The highest BCUT2D eigenvalue weighted by Gasteiger charge is 2.34. The van der Waals surface area contributed by atoms with E-state index in [1.54, 1.807) is 0 Å². The zero-order valence-electron chi connectivity index (χ0n) is 10.3. The van der Waals surface area contributed by atoms with E-state index in [1.165, 1.54) is 6.07 Å². The first-order chi connectivity index (χ1) is 8.38. The number of nitrogens with zero attached hydrogens (tertiary/aromatic N) is 1. The first-order valence-corrected chi connectivity index (χ1v) is 5.64. The second-order valence-corrected chi connectivity index (χ2v) is 4.54. The SMILES string of the molecule is CN(Cc1ccc(F)c(C(F)(F)F)c1)C1CNC1.Cl. The maximum atomic E-state index is 13.1. The quantitative estimate of drug-likeness (QED) is 0.863. The van der Waals surface area contributed by atoms with Crippen molar-refractivity contribution in [3.63, 3.8) is 0 Å². The molecule has 1 aliphatic rings. The maximum Gasteiger partial charge on any atom is 0.419 e. The van der Waals surface area contributed by atoms with E-state index in [0.717, 1.165) is 25.2 Å². The van der Waals surface area contributed by atoms with Crippen molar-refractivity contribution in [1.82, 2.24) is 10.2 Å². The van der Waals surface area contributed by atoms with Gasteiger partial charge in [0.25, 0.3) is 0 Å². The standard InChI is InChI=1S/C12H14F4N2.ClH/c1-18(9-5-17-6-9)7-8-2-3-11(13)10(4-8)12(14,15)16;/h2-4,9,17H,5-7H2,1H3;1H. The molecule has 0 bridgehead atoms. The molecule has 1 fully saturated rings. The highest BCUT2D eigenvalue weighted by Crippen LogP contribution is 2.32. The van der Waals surface area contributed by atoms with Gasteiger partial charge in [-0.2, -0.15) is 13.2 Å². The second-order valence-electron chi connectivity index (χ2n) is 4.54. The molecule has 7 heteroatoms. The van der Waals surface area contributed by atoms with Gasteiger partial charge in [-0.25, -0.2) is 4.39 Å². The van der Waals surface area contributed by atoms with Gasteiger partial charge in [0, 0.05) is 25.7 Å². The van der Waals surface area contributed by atoms with Gasteiger partial charge in [0.2, 0.25) is 0 Å². The molecule has 0 unspecified atom stereocenters. The second kappa shape index (κ2) is 6.07.